The van der Waals surface area contributed by atoms with Crippen molar-refractivity contribution in [2.75, 3.05) is 30.8 Å². The van der Waals surface area contributed by atoms with E-state index in [2.05, 4.69) is 26.0 Å². The van der Waals surface area contributed by atoms with Gasteiger partial charge in [0.25, 0.3) is 15.9 Å². The van der Waals surface area contributed by atoms with Crippen LogP contribution in [0.5, 0.6) is 11.5 Å². The highest BCUT2D eigenvalue weighted by molar-refractivity contribution is 7.90. The molecule has 2 fully saturated rings. The summed E-state index contributed by atoms with van der Waals surface area (Å²) in [6, 6.07) is 11.4. The fourth-order valence-electron chi connectivity index (χ4n) is 8.37. The Morgan fingerprint density at radius 1 is 1.00 bits per heavy atom. The molecule has 1 saturated carbocycles. The molecule has 67 heavy (non-hydrogen) atoms. The number of pyridine rings is 1. The topological polar surface area (TPSA) is 219 Å². The normalized spacial score (nSPS) is 22.7. The van der Waals surface area contributed by atoms with Crippen molar-refractivity contribution >= 4 is 66.9 Å². The van der Waals surface area contributed by atoms with Crippen LogP contribution in [0.1, 0.15) is 87.0 Å². The number of hydrogen-bond acceptors (Lipinski definition) is 14. The number of anilines is 2. The Balaban J connectivity index is 1.23. The van der Waals surface area contributed by atoms with Crippen molar-refractivity contribution in [3.63, 3.8) is 0 Å². The number of alkyl carbamates (subject to hydrolysis) is 1. The molecule has 1 aliphatic carbocycles. The van der Waals surface area contributed by atoms with Crippen molar-refractivity contribution < 1.29 is 41.8 Å². The summed E-state index contributed by atoms with van der Waals surface area (Å²) in [7, 11) is -2.84. The van der Waals surface area contributed by atoms with Gasteiger partial charge in [0, 0.05) is 47.8 Å². The number of likely N-dealkylation sites (tertiary alicyclic amines) is 1. The average molecular weight is 959 g/mol. The quantitative estimate of drug-likeness (QED) is 0.0958. The van der Waals surface area contributed by atoms with Crippen LogP contribution in [0.3, 0.4) is 0 Å². The second kappa shape index (κ2) is 20.1. The van der Waals surface area contributed by atoms with Gasteiger partial charge in [0.15, 0.2) is 5.13 Å². The van der Waals surface area contributed by atoms with Gasteiger partial charge in [-0.25, -0.2) is 27.9 Å². The number of carbonyl (C=O) groups excluding carboxylic acids is 4. The van der Waals surface area contributed by atoms with E-state index in [0.29, 0.717) is 46.0 Å². The molecule has 2 aliphatic heterocycles. The zero-order chi connectivity index (χ0) is 48.3. The van der Waals surface area contributed by atoms with Crippen molar-refractivity contribution in [1.29, 1.82) is 0 Å². The number of carbonyl (C=O) groups is 4. The number of thiazole rings is 1. The molecule has 2 aromatic carbocycles. The Morgan fingerprint density at radius 3 is 2.51 bits per heavy atom. The number of sulfonamides is 1. The molecule has 7 rings (SSSR count). The van der Waals surface area contributed by atoms with Crippen LogP contribution in [0.4, 0.5) is 15.6 Å². The van der Waals surface area contributed by atoms with Crippen molar-refractivity contribution in [3.8, 4) is 22.9 Å². The molecule has 360 valence electrons. The molecule has 4 aromatic rings. The van der Waals surface area contributed by atoms with Gasteiger partial charge in [0.1, 0.15) is 51.4 Å². The summed E-state index contributed by atoms with van der Waals surface area (Å²) in [5, 5.41) is 15.4. The largest absolute Gasteiger partial charge is 0.497 e. The maximum Gasteiger partial charge on any atom is 0.408 e. The number of amides is 4. The Morgan fingerprint density at radius 2 is 1.78 bits per heavy atom. The number of nitrogens with zero attached hydrogens (tertiary/aromatic N) is 3. The number of benzene rings is 2. The summed E-state index contributed by atoms with van der Waals surface area (Å²) in [6.45, 7) is 13.2. The van der Waals surface area contributed by atoms with Gasteiger partial charge in [-0.3, -0.25) is 14.4 Å². The van der Waals surface area contributed by atoms with E-state index >= 15 is 0 Å². The van der Waals surface area contributed by atoms with Crippen LogP contribution in [-0.2, 0) is 29.1 Å². The predicted octanol–water partition coefficient (Wildman–Crippen LogP) is 7.01. The Kier molecular flexibility index (Phi) is 14.7. The molecular weight excluding hydrogens is 897 g/mol. The zero-order valence-corrected chi connectivity index (χ0v) is 40.9. The van der Waals surface area contributed by atoms with Gasteiger partial charge in [-0.1, -0.05) is 44.6 Å². The zero-order valence-electron chi connectivity index (χ0n) is 39.3. The summed E-state index contributed by atoms with van der Waals surface area (Å²) in [6.07, 6.45) is 5.69. The molecule has 1 saturated heterocycles. The summed E-state index contributed by atoms with van der Waals surface area (Å²) in [5.41, 5.74) is -0.425. The van der Waals surface area contributed by atoms with E-state index in [0.717, 1.165) is 30.8 Å². The predicted molar refractivity (Wildman–Crippen MR) is 258 cm³/mol. The Bertz CT molecular complexity index is 2630. The first-order chi connectivity index (χ1) is 31.8. The van der Waals surface area contributed by atoms with Gasteiger partial charge in [-0.05, 0) is 90.5 Å². The van der Waals surface area contributed by atoms with Gasteiger partial charge in [0.05, 0.1) is 30.6 Å². The third-order valence-corrected chi connectivity index (χ3v) is 14.0. The number of hydrogen-bond donors (Lipinski definition) is 5. The number of para-hydroxylation sites is 1. The number of allylic oxidation sites excluding steroid dienone is 1. The number of aromatic nitrogens is 2. The molecule has 0 spiro atoms. The van der Waals surface area contributed by atoms with Gasteiger partial charge in [-0.15, -0.1) is 11.3 Å². The first-order valence-electron chi connectivity index (χ1n) is 22.8. The van der Waals surface area contributed by atoms with E-state index in [1.54, 1.807) is 78.1 Å². The van der Waals surface area contributed by atoms with Crippen LogP contribution in [-0.4, -0.2) is 103 Å². The van der Waals surface area contributed by atoms with Crippen LogP contribution in [0, 0.1) is 11.8 Å². The number of ether oxygens (including phenoxy) is 3. The fourth-order valence-corrected chi connectivity index (χ4v) is 10.4. The van der Waals surface area contributed by atoms with Crippen molar-refractivity contribution in [2.45, 2.75) is 127 Å². The van der Waals surface area contributed by atoms with Crippen molar-refractivity contribution in [2.24, 2.45) is 11.8 Å². The lowest BCUT2D eigenvalue weighted by Crippen LogP contribution is -2.59. The summed E-state index contributed by atoms with van der Waals surface area (Å²) >= 11 is 1.44. The fraction of sp³-hybridized carbons (Fsp3) is 0.500. The molecule has 4 amide bonds. The van der Waals surface area contributed by atoms with E-state index in [4.69, 9.17) is 24.2 Å². The van der Waals surface area contributed by atoms with Gasteiger partial charge in [0.2, 0.25) is 11.8 Å². The highest BCUT2D eigenvalue weighted by Gasteiger charge is 2.62. The lowest BCUT2D eigenvalue weighted by molar-refractivity contribution is -0.141. The molecule has 19 heteroatoms. The lowest BCUT2D eigenvalue weighted by atomic mass is 10.0. The molecule has 0 radical (unpaired) electrons. The monoisotopic (exact) mass is 958 g/mol. The first kappa shape index (κ1) is 49.0. The second-order valence-electron chi connectivity index (χ2n) is 19.0. The van der Waals surface area contributed by atoms with Gasteiger partial charge >= 0.3 is 6.09 Å². The number of fused-ring (bicyclic) bond motifs is 3. The molecule has 3 aliphatic rings. The minimum absolute atomic E-state index is 0.0150. The number of rotatable bonds is 11. The van der Waals surface area contributed by atoms with E-state index in [9.17, 15) is 27.6 Å². The standard InChI is InChI=1S/C48H62N8O9S2/c1-28(2)41(53-46(60)65-47(5,6)7)43(58)56-26-32(64-39-24-36(37-27-66-45(52-37)50-29(3)4)51-35-22-31(63-8)19-20-33(35)39)23-38(56)42(57)54-48-25-30(48)16-12-10-9-11-15-21-49-34-17-13-14-18-40(34)67(61,62)55-44(48)59/h12-14,16-20,22,24,27-30,32,38,41,49H,9-11,15,21,23,25-26H2,1-8H3,(H,50,52)(H,53,60)(H,54,57)(H,55,59)/b16-12-/t30-,32-,38+,41-,48-/m1/s1. The number of nitrogens with one attached hydrogen (secondary N) is 5. The molecule has 4 heterocycles. The Labute approximate surface area is 396 Å². The highest BCUT2D eigenvalue weighted by Crippen LogP contribution is 2.46. The number of methoxy groups -OCH3 is 1. The van der Waals surface area contributed by atoms with Crippen molar-refractivity contribution in [1.82, 2.24) is 30.2 Å². The van der Waals surface area contributed by atoms with Crippen LogP contribution in [0.2, 0.25) is 0 Å². The minimum Gasteiger partial charge on any atom is -0.497 e. The maximum atomic E-state index is 14.9. The van der Waals surface area contributed by atoms with E-state index in [1.165, 1.54) is 22.3 Å². The summed E-state index contributed by atoms with van der Waals surface area (Å²) < 4.78 is 47.9. The van der Waals surface area contributed by atoms with Crippen LogP contribution in [0.25, 0.3) is 22.3 Å². The highest BCUT2D eigenvalue weighted by atomic mass is 32.2. The van der Waals surface area contributed by atoms with Crippen molar-refractivity contribution in [3.05, 3.63) is 66.1 Å². The second-order valence-corrected chi connectivity index (χ2v) is 21.5. The molecule has 0 unspecified atom stereocenters. The van der Waals surface area contributed by atoms with E-state index in [-0.39, 0.29) is 30.3 Å². The van der Waals surface area contributed by atoms with Gasteiger partial charge in [-0.2, -0.15) is 0 Å². The Hall–Kier alpha value is -5.95. The third kappa shape index (κ3) is 11.6. The molecule has 2 aromatic heterocycles. The first-order valence-corrected chi connectivity index (χ1v) is 25.2. The molecule has 0 bridgehead atoms. The molecule has 5 N–H and O–H groups in total. The summed E-state index contributed by atoms with van der Waals surface area (Å²) in [4.78, 5) is 68.2. The summed E-state index contributed by atoms with van der Waals surface area (Å²) in [5.74, 6) is -2.10. The van der Waals surface area contributed by atoms with Crippen LogP contribution < -0.4 is 35.5 Å². The lowest BCUT2D eigenvalue weighted by Gasteiger charge is -2.31. The van der Waals surface area contributed by atoms with E-state index in [1.807, 2.05) is 37.4 Å². The molecular formula is C48H62N8O9S2. The SMILES string of the molecule is COc1ccc2c(O[C@@H]3C[C@@H](C(=O)N[C@]45C[C@H]4/C=C\CCCCCNc4ccccc4S(=O)(=O)NC5=O)N(C(=O)[C@H](NC(=O)OC(C)(C)C)C(C)C)C3)cc(-c3csc(NC(C)C)n3)nc2c1. The van der Waals surface area contributed by atoms with Crippen LogP contribution >= 0.6 is 11.3 Å². The average Bonchev–Trinajstić information content (AvgIpc) is 3.52. The molecule has 5 atom stereocenters. The molecule has 17 nitrogen and oxygen atoms in total. The minimum atomic E-state index is -4.41. The maximum absolute atomic E-state index is 14.9. The third-order valence-electron chi connectivity index (χ3n) is 11.8. The van der Waals surface area contributed by atoms with Crippen LogP contribution in [0.15, 0.2) is 71.0 Å². The van der Waals surface area contributed by atoms with Gasteiger partial charge < -0.3 is 40.4 Å². The van der Waals surface area contributed by atoms with E-state index < -0.39 is 75.0 Å². The smallest absolute Gasteiger partial charge is 0.408 e.